The number of carbonyl (C=O) groups is 2. The topological polar surface area (TPSA) is 190 Å². The number of hydrogen-bond acceptors (Lipinski definition) is 14. The molecule has 2 N–H and O–H groups in total. The minimum absolute atomic E-state index is 0.0612. The lowest BCUT2D eigenvalue weighted by atomic mass is 10.00. The molecule has 360 valence electrons. The number of hydrogen-bond donors (Lipinski definition) is 2. The summed E-state index contributed by atoms with van der Waals surface area (Å²) in [5.41, 5.74) is 6.62. The van der Waals surface area contributed by atoms with Crippen LogP contribution in [0.15, 0.2) is 99.8 Å². The second-order valence-electron chi connectivity index (χ2n) is 16.1. The summed E-state index contributed by atoms with van der Waals surface area (Å²) in [6, 6.07) is 26.2. The number of fused-ring (bicyclic) bond motifs is 6. The largest absolute Gasteiger partial charge is 0.497 e. The number of aliphatic imine (C=N–C) groups is 2. The highest BCUT2D eigenvalue weighted by molar-refractivity contribution is 7.99. The molecule has 0 saturated heterocycles. The van der Waals surface area contributed by atoms with Crippen molar-refractivity contribution in [1.29, 1.82) is 0 Å². The lowest BCUT2D eigenvalue weighted by molar-refractivity contribution is -0.122. The molecule has 17 nitrogen and oxygen atoms in total. The maximum atomic E-state index is 13.3. The van der Waals surface area contributed by atoms with Crippen LogP contribution in [0.2, 0.25) is 5.02 Å². The summed E-state index contributed by atoms with van der Waals surface area (Å²) < 4.78 is 32.4. The Morgan fingerprint density at radius 2 is 1.10 bits per heavy atom. The van der Waals surface area contributed by atoms with Gasteiger partial charge in [-0.3, -0.25) is 28.7 Å². The van der Waals surface area contributed by atoms with E-state index >= 15 is 0 Å². The second-order valence-corrected chi connectivity index (χ2v) is 17.7. The summed E-state index contributed by atoms with van der Waals surface area (Å²) in [6.45, 7) is 9.08. The predicted molar refractivity (Wildman–Crippen MR) is 264 cm³/mol. The van der Waals surface area contributed by atoms with Crippen molar-refractivity contribution in [2.45, 2.75) is 50.6 Å². The Balaban J connectivity index is 0.752. The van der Waals surface area contributed by atoms with E-state index in [0.29, 0.717) is 98.3 Å². The average molecular weight is 976 g/mol. The molecule has 4 aromatic carbocycles. The van der Waals surface area contributed by atoms with Crippen LogP contribution in [0, 0.1) is 13.8 Å². The van der Waals surface area contributed by atoms with Gasteiger partial charge in [-0.05, 0) is 81.4 Å². The molecule has 8 rings (SSSR count). The molecule has 0 bridgehead atoms. The van der Waals surface area contributed by atoms with Gasteiger partial charge in [0.2, 0.25) is 11.8 Å². The van der Waals surface area contributed by atoms with Gasteiger partial charge in [0.25, 0.3) is 0 Å². The van der Waals surface area contributed by atoms with E-state index in [-0.39, 0.29) is 24.7 Å². The van der Waals surface area contributed by atoms with E-state index in [1.54, 1.807) is 26.0 Å². The van der Waals surface area contributed by atoms with Crippen LogP contribution in [0.4, 0.5) is 0 Å². The minimum atomic E-state index is -0.604. The van der Waals surface area contributed by atoms with Crippen LogP contribution in [0.5, 0.6) is 11.5 Å². The van der Waals surface area contributed by atoms with Gasteiger partial charge >= 0.3 is 0 Å². The first-order valence-corrected chi connectivity index (χ1v) is 24.1. The van der Waals surface area contributed by atoms with E-state index in [4.69, 9.17) is 45.3 Å². The third-order valence-electron chi connectivity index (χ3n) is 11.5. The fraction of sp³-hybridized carbons (Fsp3) is 0.360. The van der Waals surface area contributed by atoms with Crippen LogP contribution in [-0.4, -0.2) is 125 Å². The molecule has 2 aliphatic rings. The first-order valence-electron chi connectivity index (χ1n) is 22.8. The van der Waals surface area contributed by atoms with Crippen LogP contribution in [0.1, 0.15) is 77.4 Å². The molecule has 2 aromatic heterocycles. The van der Waals surface area contributed by atoms with E-state index < -0.39 is 12.1 Å². The number of carbonyl (C=O) groups excluding carboxylic acids is 2. The van der Waals surface area contributed by atoms with Crippen molar-refractivity contribution in [3.05, 3.63) is 136 Å². The Morgan fingerprint density at radius 1 is 0.623 bits per heavy atom. The monoisotopic (exact) mass is 974 g/mol. The normalized spacial score (nSPS) is 14.8. The summed E-state index contributed by atoms with van der Waals surface area (Å²) in [6.07, 6.45) is 0.203. The van der Waals surface area contributed by atoms with Gasteiger partial charge in [-0.1, -0.05) is 35.9 Å². The highest BCUT2D eigenvalue weighted by atomic mass is 35.5. The molecule has 0 saturated carbocycles. The Morgan fingerprint density at radius 3 is 1.61 bits per heavy atom. The quantitative estimate of drug-likeness (QED) is 0.0536. The van der Waals surface area contributed by atoms with Gasteiger partial charge in [0.05, 0.1) is 89.5 Å². The number of rotatable bonds is 22. The maximum Gasteiger partial charge on any atom is 0.222 e. The molecular weight excluding hydrogens is 920 g/mol. The van der Waals surface area contributed by atoms with Crippen LogP contribution in [0.25, 0.3) is 11.4 Å². The third kappa shape index (κ3) is 11.7. The van der Waals surface area contributed by atoms with Crippen molar-refractivity contribution in [2.75, 3.05) is 72.7 Å². The number of aryl methyl sites for hydroxylation is 2. The summed E-state index contributed by atoms with van der Waals surface area (Å²) >= 11 is 7.93. The fourth-order valence-corrected chi connectivity index (χ4v) is 9.06. The third-order valence-corrected chi connectivity index (χ3v) is 12.7. The number of amides is 2. The highest BCUT2D eigenvalue weighted by Gasteiger charge is 2.32. The van der Waals surface area contributed by atoms with Gasteiger partial charge in [0.15, 0.2) is 11.6 Å². The van der Waals surface area contributed by atoms with E-state index in [1.165, 1.54) is 0 Å². The van der Waals surface area contributed by atoms with Crippen LogP contribution in [0.3, 0.4) is 0 Å². The van der Waals surface area contributed by atoms with Gasteiger partial charge in [0.1, 0.15) is 35.2 Å². The number of nitrogens with one attached hydrogen (secondary N) is 2. The standard InChI is InChI=1S/C50H55ClN10O7S/c1-6-52-45(62)29-41-49-58-56-31(2)60(49)44-18-14-37(65-5)28-40(44)48(54-41)34-9-15-38(16-10-34)69-26-25-68-24-23-67-22-21-66-20-19-53-46(63)30-42-50-59-57-32(3)61(50)43-17-13-36(64-4)27-39(43)47(55-42)33-7-11-35(51)12-8-33/h7-18,27-28,41-42H,6,19-26,29-30H2,1-5H3,(H,52,62)(H,53,63)/t41-,42-/m0/s1. The minimum Gasteiger partial charge on any atom is -0.497 e. The number of aromatic nitrogens is 6. The molecule has 0 fully saturated rings. The maximum absolute atomic E-state index is 13.3. The number of nitrogens with zero attached hydrogens (tertiary/aromatic N) is 8. The summed E-state index contributed by atoms with van der Waals surface area (Å²) in [7, 11) is 3.26. The molecule has 0 radical (unpaired) electrons. The summed E-state index contributed by atoms with van der Waals surface area (Å²) in [5, 5.41) is 24.1. The van der Waals surface area contributed by atoms with Crippen molar-refractivity contribution in [3.63, 3.8) is 0 Å². The van der Waals surface area contributed by atoms with Crippen molar-refractivity contribution in [3.8, 4) is 22.9 Å². The molecule has 19 heteroatoms. The van der Waals surface area contributed by atoms with Crippen molar-refractivity contribution in [2.24, 2.45) is 9.98 Å². The van der Waals surface area contributed by atoms with Gasteiger partial charge in [-0.15, -0.1) is 32.2 Å². The zero-order chi connectivity index (χ0) is 48.3. The molecule has 0 spiro atoms. The Kier molecular flexibility index (Phi) is 16.5. The SMILES string of the molecule is CCNC(=O)C[C@@H]1N=C(c2ccc(SCCOCCOCCOCCNC(=O)C[C@@H]3N=C(c4ccc(Cl)cc4)c4cc(OC)ccc4-n4c(C)nnc43)cc2)c2cc(OC)ccc2-n2c(C)nnc21. The number of thioether (sulfide) groups is 1. The number of methoxy groups -OCH3 is 2. The van der Waals surface area contributed by atoms with E-state index in [9.17, 15) is 9.59 Å². The van der Waals surface area contributed by atoms with E-state index in [0.717, 1.165) is 50.0 Å². The molecule has 0 unspecified atom stereocenters. The zero-order valence-electron chi connectivity index (χ0n) is 39.2. The van der Waals surface area contributed by atoms with Crippen molar-refractivity contribution >= 4 is 46.6 Å². The molecule has 6 aromatic rings. The Bertz CT molecular complexity index is 2810. The van der Waals surface area contributed by atoms with Gasteiger partial charge in [-0.25, -0.2) is 0 Å². The van der Waals surface area contributed by atoms with Crippen molar-refractivity contribution in [1.82, 2.24) is 40.2 Å². The lowest BCUT2D eigenvalue weighted by Gasteiger charge is -2.14. The highest BCUT2D eigenvalue weighted by Crippen LogP contribution is 2.36. The first kappa shape index (κ1) is 49.0. The fourth-order valence-electron chi connectivity index (χ4n) is 8.17. The molecule has 69 heavy (non-hydrogen) atoms. The first-order chi connectivity index (χ1) is 33.6. The molecular formula is C50H55ClN10O7S. The number of benzene rings is 4. The van der Waals surface area contributed by atoms with E-state index in [2.05, 4.69) is 55.3 Å². The smallest absolute Gasteiger partial charge is 0.222 e. The van der Waals surface area contributed by atoms with Gasteiger partial charge in [0, 0.05) is 51.0 Å². The number of ether oxygens (including phenoxy) is 5. The Labute approximate surface area is 410 Å². The molecule has 2 aliphatic heterocycles. The predicted octanol–water partition coefficient (Wildman–Crippen LogP) is 6.79. The average Bonchev–Trinajstić information content (AvgIpc) is 3.86. The van der Waals surface area contributed by atoms with Crippen molar-refractivity contribution < 1.29 is 33.3 Å². The molecule has 4 heterocycles. The zero-order valence-corrected chi connectivity index (χ0v) is 40.8. The summed E-state index contributed by atoms with van der Waals surface area (Å²) in [4.78, 5) is 37.5. The van der Waals surface area contributed by atoms with E-state index in [1.807, 2.05) is 90.6 Å². The van der Waals surface area contributed by atoms with Crippen LogP contribution in [-0.2, 0) is 23.8 Å². The molecule has 2 atom stereocenters. The molecule has 2 amide bonds. The molecule has 0 aliphatic carbocycles. The second kappa shape index (κ2) is 23.2. The summed E-state index contributed by atoms with van der Waals surface area (Å²) in [5.74, 6) is 4.42. The number of halogens is 1. The van der Waals surface area contributed by atoms with Crippen LogP contribution < -0.4 is 20.1 Å². The van der Waals surface area contributed by atoms with Gasteiger partial charge in [-0.2, -0.15) is 0 Å². The van der Waals surface area contributed by atoms with Gasteiger partial charge < -0.3 is 34.3 Å². The van der Waals surface area contributed by atoms with Crippen LogP contribution >= 0.6 is 23.4 Å². The lowest BCUT2D eigenvalue weighted by Crippen LogP contribution is -2.29. The Hall–Kier alpha value is -6.44.